The number of hydrogen-bond donors (Lipinski definition) is 2. The molecule has 0 aromatic rings. The van der Waals surface area contributed by atoms with Crippen LogP contribution in [0, 0.1) is 11.8 Å². The van der Waals surface area contributed by atoms with Crippen molar-refractivity contribution in [3.05, 3.63) is 0 Å². The number of carbonyl (C=O) groups is 1. The number of hydrogen-bond acceptors (Lipinski definition) is 1. The van der Waals surface area contributed by atoms with Gasteiger partial charge in [0.15, 0.2) is 0 Å². The molecule has 1 fully saturated rings. The molecule has 0 saturated heterocycles. The fraction of sp³-hybridized carbons (Fsp3) is 0.875. The maximum Gasteiger partial charge on any atom is 0.405 e. The third-order valence-electron chi connectivity index (χ3n) is 2.25. The van der Waals surface area contributed by atoms with Crippen LogP contribution in [0.25, 0.3) is 0 Å². The van der Waals surface area contributed by atoms with Gasteiger partial charge in [0, 0.05) is 6.54 Å². The molecule has 1 aliphatic rings. The zero-order valence-corrected chi connectivity index (χ0v) is 7.82. The molecule has 82 valence electrons. The Morgan fingerprint density at radius 2 is 2.00 bits per heavy atom. The van der Waals surface area contributed by atoms with E-state index < -0.39 is 18.8 Å². The van der Waals surface area contributed by atoms with E-state index in [1.54, 1.807) is 5.32 Å². The summed E-state index contributed by atoms with van der Waals surface area (Å²) in [7, 11) is 0. The van der Waals surface area contributed by atoms with E-state index in [0.717, 1.165) is 6.42 Å². The van der Waals surface area contributed by atoms with Crippen LogP contribution in [0.5, 0.6) is 0 Å². The lowest BCUT2D eigenvalue weighted by atomic mass is 10.3. The van der Waals surface area contributed by atoms with Gasteiger partial charge in [0.1, 0.15) is 6.54 Å². The fourth-order valence-electron chi connectivity index (χ4n) is 1.15. The van der Waals surface area contributed by atoms with Crippen LogP contribution < -0.4 is 10.6 Å². The summed E-state index contributed by atoms with van der Waals surface area (Å²) in [6.07, 6.45) is -3.30. The molecular formula is C8H13F3N2O. The van der Waals surface area contributed by atoms with Crippen LogP contribution in [0.4, 0.5) is 18.0 Å². The van der Waals surface area contributed by atoms with Crippen molar-refractivity contribution in [3.63, 3.8) is 0 Å². The van der Waals surface area contributed by atoms with E-state index in [9.17, 15) is 18.0 Å². The summed E-state index contributed by atoms with van der Waals surface area (Å²) in [4.78, 5) is 10.8. The molecule has 2 amide bonds. The van der Waals surface area contributed by atoms with Crippen molar-refractivity contribution in [1.29, 1.82) is 0 Å². The number of amides is 2. The summed E-state index contributed by atoms with van der Waals surface area (Å²) in [5.41, 5.74) is 0. The lowest BCUT2D eigenvalue weighted by molar-refractivity contribution is -0.122. The maximum atomic E-state index is 11.6. The van der Waals surface area contributed by atoms with Crippen LogP contribution in [0.3, 0.4) is 0 Å². The van der Waals surface area contributed by atoms with E-state index >= 15 is 0 Å². The minimum atomic E-state index is -4.34. The molecule has 0 aromatic carbocycles. The van der Waals surface area contributed by atoms with Crippen LogP contribution >= 0.6 is 0 Å². The van der Waals surface area contributed by atoms with Crippen LogP contribution in [-0.2, 0) is 0 Å². The van der Waals surface area contributed by atoms with Crippen LogP contribution in [0.15, 0.2) is 0 Å². The molecule has 6 heteroatoms. The Hall–Kier alpha value is -0.940. The standard InChI is InChI=1S/C8H13F3N2O/c1-5-2-6(5)3-12-7(14)13-4-8(9,10)11/h5-6H,2-4H2,1H3,(H2,12,13,14). The largest absolute Gasteiger partial charge is 0.405 e. The number of alkyl halides is 3. The molecule has 1 rings (SSSR count). The highest BCUT2D eigenvalue weighted by atomic mass is 19.4. The highest BCUT2D eigenvalue weighted by Gasteiger charge is 2.33. The maximum absolute atomic E-state index is 11.6. The van der Waals surface area contributed by atoms with Crippen LogP contribution in [0.1, 0.15) is 13.3 Å². The van der Waals surface area contributed by atoms with Crippen molar-refractivity contribution < 1.29 is 18.0 Å². The Balaban J connectivity index is 2.04. The van der Waals surface area contributed by atoms with Crippen molar-refractivity contribution in [3.8, 4) is 0 Å². The Labute approximate surface area is 80.0 Å². The molecule has 14 heavy (non-hydrogen) atoms. The third kappa shape index (κ3) is 4.34. The molecule has 1 aliphatic carbocycles. The summed E-state index contributed by atoms with van der Waals surface area (Å²) >= 11 is 0. The Morgan fingerprint density at radius 1 is 1.43 bits per heavy atom. The second kappa shape index (κ2) is 4.06. The summed E-state index contributed by atoms with van der Waals surface area (Å²) in [5, 5.41) is 4.14. The minimum Gasteiger partial charge on any atom is -0.338 e. The number of carbonyl (C=O) groups excluding carboxylic acids is 1. The molecule has 2 N–H and O–H groups in total. The van der Waals surface area contributed by atoms with Crippen LogP contribution in [0.2, 0.25) is 0 Å². The van der Waals surface area contributed by atoms with E-state index in [4.69, 9.17) is 0 Å². The van der Waals surface area contributed by atoms with Crippen molar-refractivity contribution in [2.24, 2.45) is 11.8 Å². The van der Waals surface area contributed by atoms with Gasteiger partial charge < -0.3 is 10.6 Å². The van der Waals surface area contributed by atoms with E-state index in [0.29, 0.717) is 18.4 Å². The molecule has 0 heterocycles. The van der Waals surface area contributed by atoms with E-state index in [1.807, 2.05) is 6.92 Å². The Morgan fingerprint density at radius 3 is 2.43 bits per heavy atom. The summed E-state index contributed by atoms with van der Waals surface area (Å²) in [5.74, 6) is 1.02. The van der Waals surface area contributed by atoms with Crippen LogP contribution in [-0.4, -0.2) is 25.3 Å². The molecule has 2 atom stereocenters. The van der Waals surface area contributed by atoms with Gasteiger partial charge in [-0.1, -0.05) is 6.92 Å². The highest BCUT2D eigenvalue weighted by molar-refractivity contribution is 5.73. The van der Waals surface area contributed by atoms with Gasteiger partial charge in [-0.3, -0.25) is 0 Å². The predicted molar refractivity (Wildman–Crippen MR) is 44.7 cm³/mol. The SMILES string of the molecule is CC1CC1CNC(=O)NCC(F)(F)F. The van der Waals surface area contributed by atoms with E-state index in [1.165, 1.54) is 0 Å². The lowest BCUT2D eigenvalue weighted by Crippen LogP contribution is -2.41. The number of rotatable bonds is 3. The lowest BCUT2D eigenvalue weighted by Gasteiger charge is -2.09. The zero-order valence-electron chi connectivity index (χ0n) is 7.82. The number of urea groups is 1. The van der Waals surface area contributed by atoms with E-state index in [2.05, 4.69) is 5.32 Å². The molecule has 0 spiro atoms. The normalized spacial score (nSPS) is 25.7. The Bertz CT molecular complexity index is 217. The summed E-state index contributed by atoms with van der Waals surface area (Å²) in [6, 6.07) is -0.749. The molecule has 0 aromatic heterocycles. The summed E-state index contributed by atoms with van der Waals surface area (Å²) in [6.45, 7) is 1.23. The second-order valence-corrected chi connectivity index (χ2v) is 3.65. The average Bonchev–Trinajstić information content (AvgIpc) is 2.73. The Kier molecular flexibility index (Phi) is 3.23. The van der Waals surface area contributed by atoms with Gasteiger partial charge in [-0.25, -0.2) is 4.79 Å². The third-order valence-corrected chi connectivity index (χ3v) is 2.25. The zero-order chi connectivity index (χ0) is 10.8. The predicted octanol–water partition coefficient (Wildman–Crippen LogP) is 1.50. The van der Waals surface area contributed by atoms with Gasteiger partial charge in [-0.2, -0.15) is 13.2 Å². The smallest absolute Gasteiger partial charge is 0.338 e. The van der Waals surface area contributed by atoms with Gasteiger partial charge in [0.25, 0.3) is 0 Å². The second-order valence-electron chi connectivity index (χ2n) is 3.65. The number of nitrogens with one attached hydrogen (secondary N) is 2. The fourth-order valence-corrected chi connectivity index (χ4v) is 1.15. The first kappa shape index (κ1) is 11.1. The quantitative estimate of drug-likeness (QED) is 0.728. The first-order valence-corrected chi connectivity index (χ1v) is 4.47. The van der Waals surface area contributed by atoms with Gasteiger partial charge in [-0.15, -0.1) is 0 Å². The average molecular weight is 210 g/mol. The molecule has 0 bridgehead atoms. The molecule has 2 unspecified atom stereocenters. The monoisotopic (exact) mass is 210 g/mol. The van der Waals surface area contributed by atoms with Crippen molar-refractivity contribution in [2.75, 3.05) is 13.1 Å². The molecule has 3 nitrogen and oxygen atoms in total. The molecule has 0 radical (unpaired) electrons. The first-order valence-electron chi connectivity index (χ1n) is 4.47. The van der Waals surface area contributed by atoms with E-state index in [-0.39, 0.29) is 0 Å². The molecule has 1 saturated carbocycles. The van der Waals surface area contributed by atoms with Crippen molar-refractivity contribution in [2.45, 2.75) is 19.5 Å². The molecule has 0 aliphatic heterocycles. The summed E-state index contributed by atoms with van der Waals surface area (Å²) < 4.78 is 34.9. The van der Waals surface area contributed by atoms with Crippen molar-refractivity contribution >= 4 is 6.03 Å². The topological polar surface area (TPSA) is 41.1 Å². The van der Waals surface area contributed by atoms with Gasteiger partial charge in [-0.05, 0) is 18.3 Å². The van der Waals surface area contributed by atoms with Gasteiger partial charge in [0.2, 0.25) is 0 Å². The first-order chi connectivity index (χ1) is 6.38. The minimum absolute atomic E-state index is 0.437. The van der Waals surface area contributed by atoms with Gasteiger partial charge >= 0.3 is 12.2 Å². The molecular weight excluding hydrogens is 197 g/mol. The van der Waals surface area contributed by atoms with Crippen molar-refractivity contribution in [1.82, 2.24) is 10.6 Å². The van der Waals surface area contributed by atoms with Gasteiger partial charge in [0.05, 0.1) is 0 Å². The highest BCUT2D eigenvalue weighted by Crippen LogP contribution is 2.36. The number of halogens is 3.